The molecule has 1 heterocycles. The summed E-state index contributed by atoms with van der Waals surface area (Å²) in [6.07, 6.45) is 0. The quantitative estimate of drug-likeness (QED) is 0.842. The second-order valence-electron chi connectivity index (χ2n) is 6.85. The molecule has 0 radical (unpaired) electrons. The normalized spacial score (nSPS) is 15.6. The Bertz CT molecular complexity index is 778. The number of hydrogen-bond donors (Lipinski definition) is 1. The second-order valence-corrected chi connectivity index (χ2v) is 6.85. The number of aryl methyl sites for hydroxylation is 1. The van der Waals surface area contributed by atoms with Crippen molar-refractivity contribution in [2.75, 3.05) is 45.1 Å². The molecule has 0 aliphatic carbocycles. The smallest absolute Gasteiger partial charge is 0.255 e. The first kappa shape index (κ1) is 18.3. The van der Waals surface area contributed by atoms with Crippen LogP contribution in [0.5, 0.6) is 0 Å². The van der Waals surface area contributed by atoms with E-state index in [4.69, 9.17) is 0 Å². The highest BCUT2D eigenvalue weighted by Gasteiger charge is 2.17. The molecule has 0 spiro atoms. The maximum atomic E-state index is 12.5. The van der Waals surface area contributed by atoms with Gasteiger partial charge in [-0.3, -0.25) is 14.5 Å². The fourth-order valence-corrected chi connectivity index (χ4v) is 3.07. The molecule has 0 bridgehead atoms. The van der Waals surface area contributed by atoms with Gasteiger partial charge in [-0.15, -0.1) is 0 Å². The highest BCUT2D eigenvalue weighted by Crippen LogP contribution is 2.14. The number of carbonyl (C=O) groups excluding carboxylic acids is 2. The third-order valence-corrected chi connectivity index (χ3v) is 4.82. The molecule has 1 aliphatic rings. The van der Waals surface area contributed by atoms with Crippen molar-refractivity contribution in [2.24, 2.45) is 0 Å². The summed E-state index contributed by atoms with van der Waals surface area (Å²) in [6, 6.07) is 14.6. The van der Waals surface area contributed by atoms with Crippen LogP contribution in [0.1, 0.15) is 26.3 Å². The molecule has 1 N–H and O–H groups in total. The Morgan fingerprint density at radius 2 is 1.62 bits per heavy atom. The highest BCUT2D eigenvalue weighted by molar-refractivity contribution is 6.05. The summed E-state index contributed by atoms with van der Waals surface area (Å²) in [5.41, 5.74) is 2.96. The summed E-state index contributed by atoms with van der Waals surface area (Å²) in [4.78, 5) is 29.3. The summed E-state index contributed by atoms with van der Waals surface area (Å²) in [5.74, 6) is -0.0223. The largest absolute Gasteiger partial charge is 0.322 e. The van der Waals surface area contributed by atoms with Gasteiger partial charge in [0.15, 0.2) is 5.78 Å². The van der Waals surface area contributed by atoms with Crippen LogP contribution in [0, 0.1) is 6.92 Å². The number of nitrogens with zero attached hydrogens (tertiary/aromatic N) is 2. The van der Waals surface area contributed by atoms with Crippen LogP contribution < -0.4 is 5.32 Å². The number of Topliss-reactive ketones (excluding diaryl/α,β-unsaturated/α-hetero) is 1. The van der Waals surface area contributed by atoms with Crippen molar-refractivity contribution < 1.29 is 9.59 Å². The first-order valence-corrected chi connectivity index (χ1v) is 8.94. The zero-order valence-corrected chi connectivity index (χ0v) is 15.4. The van der Waals surface area contributed by atoms with Gasteiger partial charge in [0.1, 0.15) is 0 Å². The van der Waals surface area contributed by atoms with Gasteiger partial charge < -0.3 is 10.2 Å². The third-order valence-electron chi connectivity index (χ3n) is 4.82. The molecule has 0 unspecified atom stereocenters. The van der Waals surface area contributed by atoms with E-state index in [0.29, 0.717) is 23.4 Å². The van der Waals surface area contributed by atoms with Gasteiger partial charge in [0, 0.05) is 43.0 Å². The number of nitrogens with one attached hydrogen (secondary N) is 1. The fourth-order valence-electron chi connectivity index (χ4n) is 3.07. The minimum atomic E-state index is -0.139. The van der Waals surface area contributed by atoms with Gasteiger partial charge in [-0.25, -0.2) is 0 Å². The van der Waals surface area contributed by atoms with Crippen molar-refractivity contribution in [3.05, 3.63) is 65.2 Å². The van der Waals surface area contributed by atoms with Crippen LogP contribution in [-0.2, 0) is 0 Å². The number of anilines is 1. The van der Waals surface area contributed by atoms with E-state index in [0.717, 1.165) is 31.7 Å². The molecule has 0 atom stereocenters. The van der Waals surface area contributed by atoms with Crippen LogP contribution in [0.15, 0.2) is 48.5 Å². The lowest BCUT2D eigenvalue weighted by atomic mass is 10.1. The van der Waals surface area contributed by atoms with E-state index in [9.17, 15) is 9.59 Å². The molecule has 0 saturated carbocycles. The summed E-state index contributed by atoms with van der Waals surface area (Å²) < 4.78 is 0. The van der Waals surface area contributed by atoms with Gasteiger partial charge >= 0.3 is 0 Å². The van der Waals surface area contributed by atoms with E-state index in [1.807, 2.05) is 25.1 Å². The number of piperazine rings is 1. The molecule has 5 nitrogen and oxygen atoms in total. The number of rotatable bonds is 5. The van der Waals surface area contributed by atoms with Crippen LogP contribution in [0.3, 0.4) is 0 Å². The number of amides is 1. The van der Waals surface area contributed by atoms with E-state index >= 15 is 0 Å². The Balaban J connectivity index is 1.58. The Hall–Kier alpha value is -2.50. The maximum Gasteiger partial charge on any atom is 0.255 e. The Kier molecular flexibility index (Phi) is 5.81. The average molecular weight is 351 g/mol. The fraction of sp³-hybridized carbons (Fsp3) is 0.333. The standard InChI is InChI=1S/C21H25N3O2/c1-16-5-3-4-6-19(16)21(26)22-18-9-7-17(8-10-18)20(25)15-24-13-11-23(2)12-14-24/h3-10H,11-15H2,1-2H3,(H,22,26). The van der Waals surface area contributed by atoms with E-state index in [1.54, 1.807) is 30.3 Å². The van der Waals surface area contributed by atoms with Gasteiger partial charge in [-0.1, -0.05) is 18.2 Å². The van der Waals surface area contributed by atoms with Crippen LogP contribution in [0.25, 0.3) is 0 Å². The minimum Gasteiger partial charge on any atom is -0.322 e. The number of hydrogen-bond acceptors (Lipinski definition) is 4. The van der Waals surface area contributed by atoms with Crippen molar-refractivity contribution in [2.45, 2.75) is 6.92 Å². The van der Waals surface area contributed by atoms with Gasteiger partial charge in [0.05, 0.1) is 6.54 Å². The lowest BCUT2D eigenvalue weighted by molar-refractivity contribution is 0.0876. The summed E-state index contributed by atoms with van der Waals surface area (Å²) in [6.45, 7) is 6.20. The van der Waals surface area contributed by atoms with Crippen LogP contribution in [0.4, 0.5) is 5.69 Å². The molecule has 1 amide bonds. The third kappa shape index (κ3) is 4.56. The second kappa shape index (κ2) is 8.25. The molecule has 2 aromatic carbocycles. The Morgan fingerprint density at radius 1 is 0.962 bits per heavy atom. The average Bonchev–Trinajstić information content (AvgIpc) is 2.64. The SMILES string of the molecule is Cc1ccccc1C(=O)Nc1ccc(C(=O)CN2CCN(C)CC2)cc1. The number of ketones is 1. The molecule has 136 valence electrons. The lowest BCUT2D eigenvalue weighted by Gasteiger charge is -2.31. The molecule has 2 aromatic rings. The molecule has 0 aromatic heterocycles. The number of likely N-dealkylation sites (N-methyl/N-ethyl adjacent to an activating group) is 1. The predicted molar refractivity (Wildman–Crippen MR) is 104 cm³/mol. The first-order valence-electron chi connectivity index (χ1n) is 8.94. The molecule has 1 aliphatic heterocycles. The molecular formula is C21H25N3O2. The minimum absolute atomic E-state index is 0.117. The van der Waals surface area contributed by atoms with E-state index in [1.165, 1.54) is 0 Å². The van der Waals surface area contributed by atoms with E-state index < -0.39 is 0 Å². The number of benzene rings is 2. The summed E-state index contributed by atoms with van der Waals surface area (Å²) in [7, 11) is 2.10. The van der Waals surface area contributed by atoms with E-state index in [2.05, 4.69) is 22.2 Å². The summed E-state index contributed by atoms with van der Waals surface area (Å²) in [5, 5.41) is 2.89. The maximum absolute atomic E-state index is 12.5. The number of carbonyl (C=O) groups is 2. The predicted octanol–water partition coefficient (Wildman–Crippen LogP) is 2.68. The zero-order valence-electron chi connectivity index (χ0n) is 15.4. The highest BCUT2D eigenvalue weighted by atomic mass is 16.1. The van der Waals surface area contributed by atoms with Crippen molar-refractivity contribution >= 4 is 17.4 Å². The Morgan fingerprint density at radius 3 is 2.27 bits per heavy atom. The van der Waals surface area contributed by atoms with Crippen molar-refractivity contribution in [1.82, 2.24) is 9.80 Å². The van der Waals surface area contributed by atoms with E-state index in [-0.39, 0.29) is 11.7 Å². The first-order chi connectivity index (χ1) is 12.5. The molecular weight excluding hydrogens is 326 g/mol. The van der Waals surface area contributed by atoms with Crippen LogP contribution in [0.2, 0.25) is 0 Å². The lowest BCUT2D eigenvalue weighted by Crippen LogP contribution is -2.46. The molecule has 1 fully saturated rings. The molecule has 3 rings (SSSR count). The van der Waals surface area contributed by atoms with Gasteiger partial charge in [-0.05, 0) is 49.9 Å². The zero-order chi connectivity index (χ0) is 18.5. The Labute approximate surface area is 154 Å². The molecule has 1 saturated heterocycles. The summed E-state index contributed by atoms with van der Waals surface area (Å²) >= 11 is 0. The topological polar surface area (TPSA) is 52.7 Å². The van der Waals surface area contributed by atoms with Gasteiger partial charge in [-0.2, -0.15) is 0 Å². The van der Waals surface area contributed by atoms with Gasteiger partial charge in [0.2, 0.25) is 0 Å². The van der Waals surface area contributed by atoms with Crippen LogP contribution >= 0.6 is 0 Å². The van der Waals surface area contributed by atoms with Crippen molar-refractivity contribution in [3.63, 3.8) is 0 Å². The van der Waals surface area contributed by atoms with Gasteiger partial charge in [0.25, 0.3) is 5.91 Å². The molecule has 5 heteroatoms. The van der Waals surface area contributed by atoms with Crippen LogP contribution in [-0.4, -0.2) is 61.3 Å². The monoisotopic (exact) mass is 351 g/mol. The molecule has 26 heavy (non-hydrogen) atoms. The van der Waals surface area contributed by atoms with Crippen molar-refractivity contribution in [1.29, 1.82) is 0 Å². The van der Waals surface area contributed by atoms with Crippen molar-refractivity contribution in [3.8, 4) is 0 Å².